The molecule has 0 unspecified atom stereocenters. The molecule has 96 valence electrons. The predicted molar refractivity (Wildman–Crippen MR) is 69.8 cm³/mol. The van der Waals surface area contributed by atoms with Crippen LogP contribution in [0.25, 0.3) is 11.0 Å². The third-order valence-corrected chi connectivity index (χ3v) is 3.83. The van der Waals surface area contributed by atoms with E-state index >= 15 is 0 Å². The molecular formula is C11H11ClN2O3S. The zero-order valence-corrected chi connectivity index (χ0v) is 11.2. The maximum atomic E-state index is 11.2. The minimum atomic E-state index is -3.08. The van der Waals surface area contributed by atoms with Gasteiger partial charge in [0.1, 0.15) is 20.6 Å². The van der Waals surface area contributed by atoms with Crippen molar-refractivity contribution in [3.63, 3.8) is 0 Å². The molecule has 0 bridgehead atoms. The molecule has 0 radical (unpaired) electrons. The summed E-state index contributed by atoms with van der Waals surface area (Å²) in [7, 11) is -3.08. The number of halogens is 1. The number of carbonyl (C=O) groups is 1. The minimum absolute atomic E-state index is 0.0243. The van der Waals surface area contributed by atoms with Crippen LogP contribution in [0.4, 0.5) is 0 Å². The summed E-state index contributed by atoms with van der Waals surface area (Å²) in [6.07, 6.45) is 3.39. The highest BCUT2D eigenvalue weighted by Gasteiger charge is 2.13. The molecule has 0 aliphatic rings. The second-order valence-corrected chi connectivity index (χ2v) is 6.65. The van der Waals surface area contributed by atoms with Crippen molar-refractivity contribution in [2.75, 3.05) is 12.0 Å². The molecule has 0 aromatic carbocycles. The van der Waals surface area contributed by atoms with Crippen LogP contribution < -0.4 is 0 Å². The zero-order valence-electron chi connectivity index (χ0n) is 9.63. The van der Waals surface area contributed by atoms with Crippen LogP contribution in [0, 0.1) is 0 Å². The van der Waals surface area contributed by atoms with Crippen LogP contribution >= 0.6 is 11.6 Å². The number of rotatable bonds is 4. The van der Waals surface area contributed by atoms with Gasteiger partial charge in [-0.3, -0.25) is 4.79 Å². The molecule has 2 rings (SSSR count). The predicted octanol–water partition coefficient (Wildman–Crippen LogP) is 1.55. The van der Waals surface area contributed by atoms with Crippen molar-refractivity contribution >= 4 is 38.8 Å². The van der Waals surface area contributed by atoms with E-state index in [0.29, 0.717) is 21.7 Å². The fourth-order valence-corrected chi connectivity index (χ4v) is 2.50. The summed E-state index contributed by atoms with van der Waals surface area (Å²) in [5, 5.41) is 1.00. The maximum absolute atomic E-state index is 11.2. The quantitative estimate of drug-likeness (QED) is 0.800. The Morgan fingerprint density at radius 2 is 2.22 bits per heavy atom. The number of aldehydes is 1. The molecule has 2 heterocycles. The summed E-state index contributed by atoms with van der Waals surface area (Å²) < 4.78 is 23.9. The Morgan fingerprint density at radius 1 is 1.50 bits per heavy atom. The second kappa shape index (κ2) is 4.70. The number of hydrogen-bond donors (Lipinski definition) is 0. The number of fused-ring (bicyclic) bond motifs is 1. The Balaban J connectivity index is 2.51. The average Bonchev–Trinajstić information content (AvgIpc) is 2.61. The van der Waals surface area contributed by atoms with Crippen LogP contribution in [0.3, 0.4) is 0 Å². The van der Waals surface area contributed by atoms with Crippen molar-refractivity contribution in [3.8, 4) is 0 Å². The van der Waals surface area contributed by atoms with Crippen molar-refractivity contribution in [1.29, 1.82) is 0 Å². The minimum Gasteiger partial charge on any atom is -0.315 e. The lowest BCUT2D eigenvalue weighted by atomic mass is 10.2. The van der Waals surface area contributed by atoms with Crippen LogP contribution in [-0.2, 0) is 16.4 Å². The lowest BCUT2D eigenvalue weighted by Crippen LogP contribution is -2.11. The molecule has 7 heteroatoms. The summed E-state index contributed by atoms with van der Waals surface area (Å²) >= 11 is 6.04. The van der Waals surface area contributed by atoms with Crippen molar-refractivity contribution in [2.45, 2.75) is 6.54 Å². The number of pyridine rings is 1. The molecule has 0 spiro atoms. The van der Waals surface area contributed by atoms with Gasteiger partial charge in [-0.1, -0.05) is 11.6 Å². The number of aromatic nitrogens is 2. The summed E-state index contributed by atoms with van der Waals surface area (Å²) in [6.45, 7) is 0.219. The van der Waals surface area contributed by atoms with Gasteiger partial charge in [-0.15, -0.1) is 0 Å². The van der Waals surface area contributed by atoms with E-state index < -0.39 is 9.84 Å². The lowest BCUT2D eigenvalue weighted by Gasteiger charge is -2.05. The molecule has 5 nitrogen and oxygen atoms in total. The van der Waals surface area contributed by atoms with Crippen molar-refractivity contribution < 1.29 is 13.2 Å². The van der Waals surface area contributed by atoms with Crippen molar-refractivity contribution in [2.24, 2.45) is 0 Å². The number of sulfone groups is 1. The van der Waals surface area contributed by atoms with Gasteiger partial charge in [0.05, 0.1) is 5.75 Å². The standard InChI is InChI=1S/C11H11ClN2O3S/c1-18(16,17)5-4-14-10(12)6-9-8(7-15)2-3-13-11(9)14/h2-3,6-7H,4-5H2,1H3. The summed E-state index contributed by atoms with van der Waals surface area (Å²) in [5.41, 5.74) is 1.01. The molecule has 0 aliphatic carbocycles. The highest BCUT2D eigenvalue weighted by molar-refractivity contribution is 7.90. The molecule has 0 amide bonds. The van der Waals surface area contributed by atoms with Crippen LogP contribution in [0.2, 0.25) is 5.15 Å². The Labute approximate surface area is 109 Å². The summed E-state index contributed by atoms with van der Waals surface area (Å²) in [4.78, 5) is 15.0. The van der Waals surface area contributed by atoms with Gasteiger partial charge in [-0.2, -0.15) is 0 Å². The highest BCUT2D eigenvalue weighted by atomic mass is 35.5. The molecule has 18 heavy (non-hydrogen) atoms. The molecule has 0 saturated carbocycles. The highest BCUT2D eigenvalue weighted by Crippen LogP contribution is 2.24. The van der Waals surface area contributed by atoms with E-state index in [9.17, 15) is 13.2 Å². The van der Waals surface area contributed by atoms with Gasteiger partial charge in [0.2, 0.25) is 0 Å². The number of aryl methyl sites for hydroxylation is 1. The molecule has 0 aliphatic heterocycles. The van der Waals surface area contributed by atoms with Gasteiger partial charge in [0, 0.05) is 29.9 Å². The van der Waals surface area contributed by atoms with E-state index in [1.54, 1.807) is 16.7 Å². The van der Waals surface area contributed by atoms with Gasteiger partial charge < -0.3 is 4.57 Å². The van der Waals surface area contributed by atoms with E-state index in [2.05, 4.69) is 4.98 Å². The largest absolute Gasteiger partial charge is 0.315 e. The smallest absolute Gasteiger partial charge is 0.150 e. The molecule has 2 aromatic rings. The SMILES string of the molecule is CS(=O)(=O)CCn1c(Cl)cc2c(C=O)ccnc21. The molecule has 0 atom stereocenters. The summed E-state index contributed by atoms with van der Waals surface area (Å²) in [6, 6.07) is 3.21. The molecule has 0 saturated heterocycles. The van der Waals surface area contributed by atoms with E-state index in [0.717, 1.165) is 12.5 Å². The van der Waals surface area contributed by atoms with Gasteiger partial charge in [-0.05, 0) is 12.1 Å². The Morgan fingerprint density at radius 3 is 2.83 bits per heavy atom. The Bertz CT molecular complexity index is 706. The van der Waals surface area contributed by atoms with Gasteiger partial charge in [0.25, 0.3) is 0 Å². The second-order valence-electron chi connectivity index (χ2n) is 4.00. The molecule has 2 aromatic heterocycles. The van der Waals surface area contributed by atoms with Crippen LogP contribution in [0.5, 0.6) is 0 Å². The monoisotopic (exact) mass is 286 g/mol. The van der Waals surface area contributed by atoms with Crippen LogP contribution in [0.15, 0.2) is 18.3 Å². The van der Waals surface area contributed by atoms with Gasteiger partial charge in [0.15, 0.2) is 6.29 Å². The van der Waals surface area contributed by atoms with E-state index in [1.807, 2.05) is 0 Å². The van der Waals surface area contributed by atoms with Gasteiger partial charge in [-0.25, -0.2) is 13.4 Å². The summed E-state index contributed by atoms with van der Waals surface area (Å²) in [5.74, 6) is -0.0243. The normalized spacial score (nSPS) is 11.9. The Hall–Kier alpha value is -1.40. The first kappa shape index (κ1) is 13.0. The molecule has 0 N–H and O–H groups in total. The first-order chi connectivity index (χ1) is 8.42. The van der Waals surface area contributed by atoms with E-state index in [4.69, 9.17) is 11.6 Å². The van der Waals surface area contributed by atoms with Gasteiger partial charge >= 0.3 is 0 Å². The van der Waals surface area contributed by atoms with E-state index in [1.165, 1.54) is 6.20 Å². The Kier molecular flexibility index (Phi) is 3.41. The first-order valence-electron chi connectivity index (χ1n) is 5.19. The topological polar surface area (TPSA) is 69.0 Å². The number of nitrogens with zero attached hydrogens (tertiary/aromatic N) is 2. The molecule has 0 fully saturated rings. The fourth-order valence-electron chi connectivity index (χ4n) is 1.71. The maximum Gasteiger partial charge on any atom is 0.150 e. The first-order valence-corrected chi connectivity index (χ1v) is 7.63. The lowest BCUT2D eigenvalue weighted by molar-refractivity contribution is 0.112. The van der Waals surface area contributed by atoms with Crippen molar-refractivity contribution in [3.05, 3.63) is 29.0 Å². The third-order valence-electron chi connectivity index (χ3n) is 2.59. The number of hydrogen-bond acceptors (Lipinski definition) is 4. The number of carbonyl (C=O) groups excluding carboxylic acids is 1. The molecular weight excluding hydrogens is 276 g/mol. The van der Waals surface area contributed by atoms with E-state index in [-0.39, 0.29) is 12.3 Å². The third kappa shape index (κ3) is 2.54. The zero-order chi connectivity index (χ0) is 13.3. The van der Waals surface area contributed by atoms with Crippen LogP contribution in [-0.4, -0.2) is 36.3 Å². The average molecular weight is 287 g/mol. The van der Waals surface area contributed by atoms with Crippen LogP contribution in [0.1, 0.15) is 10.4 Å². The fraction of sp³-hybridized carbons (Fsp3) is 0.273. The van der Waals surface area contributed by atoms with Crippen molar-refractivity contribution in [1.82, 2.24) is 9.55 Å².